The second-order valence-corrected chi connectivity index (χ2v) is 11.0. The van der Waals surface area contributed by atoms with Gasteiger partial charge < -0.3 is 29.0 Å². The zero-order chi connectivity index (χ0) is 34.8. The maximum Gasteiger partial charge on any atom is 0.338 e. The highest BCUT2D eigenvalue weighted by Crippen LogP contribution is 2.35. The summed E-state index contributed by atoms with van der Waals surface area (Å²) >= 11 is 5.41. The first-order valence-corrected chi connectivity index (χ1v) is 15.7. The molecule has 0 aliphatic carbocycles. The molecule has 0 unspecified atom stereocenters. The standard InChI is InChI=1S/C34H32N4O10S/c1-2-18-44-25(39)19-35-28-29(40)36-34(49)38(37-28)30-27(48-33(43)23-16-10-5-11-17-23)26(47-32(42)22-14-8-4-9-15-22)24(46-30)20-45-31(41)21-12-6-3-7-13-21/h3-17,24,26-27,30H,2,18-20H2,1H3,(H,35,37)(H,36,40,49)/t24-,26+,27-,30-/m1/s1. The first kappa shape index (κ1) is 34.7. The van der Waals surface area contributed by atoms with Crippen molar-refractivity contribution in [1.29, 1.82) is 0 Å². The molecule has 0 saturated carbocycles. The van der Waals surface area contributed by atoms with Crippen molar-refractivity contribution in [2.45, 2.75) is 37.9 Å². The predicted molar refractivity (Wildman–Crippen MR) is 175 cm³/mol. The van der Waals surface area contributed by atoms with E-state index in [1.165, 1.54) is 24.3 Å². The number of hydrogen-bond donors (Lipinski definition) is 2. The van der Waals surface area contributed by atoms with Gasteiger partial charge in [0.25, 0.3) is 5.56 Å². The summed E-state index contributed by atoms with van der Waals surface area (Å²) < 4.78 is 29.5. The van der Waals surface area contributed by atoms with Crippen molar-refractivity contribution in [3.05, 3.63) is 123 Å². The Hall–Kier alpha value is -5.67. The molecule has 4 aromatic rings. The van der Waals surface area contributed by atoms with Crippen molar-refractivity contribution in [1.82, 2.24) is 14.8 Å². The molecule has 4 atom stereocenters. The van der Waals surface area contributed by atoms with E-state index in [2.05, 4.69) is 15.4 Å². The van der Waals surface area contributed by atoms with Crippen molar-refractivity contribution in [2.24, 2.45) is 0 Å². The molecular formula is C34H32N4O10S. The van der Waals surface area contributed by atoms with Crippen LogP contribution in [-0.4, -0.2) is 76.7 Å². The van der Waals surface area contributed by atoms with Crippen LogP contribution in [0.3, 0.4) is 0 Å². The van der Waals surface area contributed by atoms with E-state index in [0.717, 1.165) is 4.68 Å². The summed E-state index contributed by atoms with van der Waals surface area (Å²) in [7, 11) is 0. The highest BCUT2D eigenvalue weighted by Gasteiger charge is 2.52. The lowest BCUT2D eigenvalue weighted by Gasteiger charge is -2.25. The number of rotatable bonds is 13. The van der Waals surface area contributed by atoms with Crippen LogP contribution in [0.4, 0.5) is 5.82 Å². The molecule has 49 heavy (non-hydrogen) atoms. The molecular weight excluding hydrogens is 656 g/mol. The minimum absolute atomic E-state index is 0.180. The Bertz CT molecular complexity index is 1890. The van der Waals surface area contributed by atoms with Crippen LogP contribution in [0.25, 0.3) is 0 Å². The normalized spacial score (nSPS) is 18.2. The third-order valence-corrected chi connectivity index (χ3v) is 7.43. The van der Waals surface area contributed by atoms with Crippen LogP contribution in [0.1, 0.15) is 50.6 Å². The van der Waals surface area contributed by atoms with Gasteiger partial charge in [-0.2, -0.15) is 0 Å². The van der Waals surface area contributed by atoms with Gasteiger partial charge in [-0.15, -0.1) is 5.10 Å². The summed E-state index contributed by atoms with van der Waals surface area (Å²) in [4.78, 5) is 67.0. The number of benzene rings is 3. The maximum atomic E-state index is 13.4. The molecule has 2 heterocycles. The van der Waals surface area contributed by atoms with Crippen molar-refractivity contribution < 1.29 is 42.9 Å². The first-order chi connectivity index (χ1) is 23.7. The lowest BCUT2D eigenvalue weighted by atomic mass is 10.1. The van der Waals surface area contributed by atoms with Crippen LogP contribution in [0, 0.1) is 4.77 Å². The molecule has 1 aliphatic rings. The highest BCUT2D eigenvalue weighted by molar-refractivity contribution is 7.71. The number of carbonyl (C=O) groups is 4. The van der Waals surface area contributed by atoms with Crippen LogP contribution in [0.5, 0.6) is 0 Å². The molecule has 0 bridgehead atoms. The van der Waals surface area contributed by atoms with Gasteiger partial charge in [0.2, 0.25) is 5.82 Å². The van der Waals surface area contributed by atoms with E-state index in [0.29, 0.717) is 6.42 Å². The van der Waals surface area contributed by atoms with Gasteiger partial charge in [-0.3, -0.25) is 14.6 Å². The number of H-pyrrole nitrogens is 1. The van der Waals surface area contributed by atoms with E-state index in [1.54, 1.807) is 66.7 Å². The quantitative estimate of drug-likeness (QED) is 0.118. The number of carbonyl (C=O) groups excluding carboxylic acids is 4. The Morgan fingerprint density at radius 1 is 0.816 bits per heavy atom. The Kier molecular flexibility index (Phi) is 11.6. The van der Waals surface area contributed by atoms with Gasteiger partial charge in [-0.05, 0) is 55.0 Å². The minimum atomic E-state index is -1.44. The van der Waals surface area contributed by atoms with Crippen LogP contribution >= 0.6 is 12.2 Å². The van der Waals surface area contributed by atoms with Gasteiger partial charge in [0, 0.05) is 0 Å². The number of aromatic nitrogens is 3. The van der Waals surface area contributed by atoms with Crippen molar-refractivity contribution in [2.75, 3.05) is 25.1 Å². The number of anilines is 1. The summed E-state index contributed by atoms with van der Waals surface area (Å²) in [5.74, 6) is -3.21. The van der Waals surface area contributed by atoms with E-state index in [9.17, 15) is 24.0 Å². The summed E-state index contributed by atoms with van der Waals surface area (Å²) in [5.41, 5.74) is -0.112. The van der Waals surface area contributed by atoms with Gasteiger partial charge >= 0.3 is 23.9 Å². The molecule has 1 aliphatic heterocycles. The van der Waals surface area contributed by atoms with Crippen LogP contribution in [0.2, 0.25) is 0 Å². The number of esters is 4. The van der Waals surface area contributed by atoms with Gasteiger partial charge in [-0.25, -0.2) is 19.1 Å². The summed E-state index contributed by atoms with van der Waals surface area (Å²) in [6.07, 6.45) is -4.83. The smallest absolute Gasteiger partial charge is 0.338 e. The van der Waals surface area contributed by atoms with E-state index in [1.807, 2.05) is 6.92 Å². The lowest BCUT2D eigenvalue weighted by molar-refractivity contribution is -0.141. The SMILES string of the molecule is CCCOC(=O)CNc1nn([C@@H]2O[C@H](COC(=O)c3ccccc3)[C@H](OC(=O)c3ccccc3)[C@H]2OC(=O)c2ccccc2)c(=S)[nH]c1=O. The molecule has 1 fully saturated rings. The highest BCUT2D eigenvalue weighted by atomic mass is 32.1. The molecule has 0 amide bonds. The van der Waals surface area contributed by atoms with Gasteiger partial charge in [0.15, 0.2) is 23.2 Å². The van der Waals surface area contributed by atoms with Gasteiger partial charge in [0.1, 0.15) is 19.3 Å². The van der Waals surface area contributed by atoms with Crippen molar-refractivity contribution in [3.63, 3.8) is 0 Å². The number of ether oxygens (including phenoxy) is 5. The number of nitrogens with zero attached hydrogens (tertiary/aromatic N) is 2. The first-order valence-electron chi connectivity index (χ1n) is 15.3. The summed E-state index contributed by atoms with van der Waals surface area (Å²) in [6.45, 7) is 1.20. The van der Waals surface area contributed by atoms with E-state index in [4.69, 9.17) is 35.9 Å². The molecule has 0 radical (unpaired) electrons. The van der Waals surface area contributed by atoms with E-state index in [-0.39, 0.29) is 40.4 Å². The average molecular weight is 689 g/mol. The van der Waals surface area contributed by atoms with Gasteiger partial charge in [-0.1, -0.05) is 61.5 Å². The second-order valence-electron chi connectivity index (χ2n) is 10.6. The second kappa shape index (κ2) is 16.4. The fraction of sp³-hybridized carbons (Fsp3) is 0.265. The molecule has 1 aromatic heterocycles. The van der Waals surface area contributed by atoms with E-state index >= 15 is 0 Å². The van der Waals surface area contributed by atoms with Gasteiger partial charge in [0.05, 0.1) is 23.3 Å². The predicted octanol–water partition coefficient (Wildman–Crippen LogP) is 3.87. The monoisotopic (exact) mass is 688 g/mol. The van der Waals surface area contributed by atoms with Crippen molar-refractivity contribution >= 4 is 41.9 Å². The molecule has 14 nitrogen and oxygen atoms in total. The summed E-state index contributed by atoms with van der Waals surface area (Å²) in [6, 6.07) is 24.3. The van der Waals surface area contributed by atoms with Crippen molar-refractivity contribution in [3.8, 4) is 0 Å². The zero-order valence-electron chi connectivity index (χ0n) is 26.2. The topological polar surface area (TPSA) is 177 Å². The molecule has 3 aromatic carbocycles. The largest absolute Gasteiger partial charge is 0.464 e. The van der Waals surface area contributed by atoms with Crippen LogP contribution in [-0.2, 0) is 28.5 Å². The maximum absolute atomic E-state index is 13.4. The fourth-order valence-corrected chi connectivity index (χ4v) is 5.01. The summed E-state index contributed by atoms with van der Waals surface area (Å²) in [5, 5.41) is 6.88. The zero-order valence-corrected chi connectivity index (χ0v) is 27.0. The van der Waals surface area contributed by atoms with Crippen LogP contribution in [0.15, 0.2) is 95.8 Å². The third kappa shape index (κ3) is 8.82. The lowest BCUT2D eigenvalue weighted by Crippen LogP contribution is -2.42. The minimum Gasteiger partial charge on any atom is -0.464 e. The number of hydrogen-bond acceptors (Lipinski definition) is 13. The Balaban J connectivity index is 1.51. The average Bonchev–Trinajstić information content (AvgIpc) is 3.45. The number of nitrogens with one attached hydrogen (secondary N) is 2. The fourth-order valence-electron chi connectivity index (χ4n) is 4.78. The molecule has 2 N–H and O–H groups in total. The molecule has 254 valence electrons. The third-order valence-electron chi connectivity index (χ3n) is 7.14. The molecule has 5 rings (SSSR count). The van der Waals surface area contributed by atoms with E-state index < -0.39 is 60.6 Å². The molecule has 15 heteroatoms. The Morgan fingerprint density at radius 2 is 1.35 bits per heavy atom. The molecule has 1 saturated heterocycles. The molecule has 0 spiro atoms. The Morgan fingerprint density at radius 3 is 1.90 bits per heavy atom. The number of aromatic amines is 1. The van der Waals surface area contributed by atoms with Crippen LogP contribution < -0.4 is 10.9 Å². The Labute approximate surface area is 284 Å².